The van der Waals surface area contributed by atoms with Crippen LogP contribution in [0.5, 0.6) is 0 Å². The Morgan fingerprint density at radius 3 is 2.94 bits per heavy atom. The molecule has 1 N–H and O–H groups in total. The average Bonchev–Trinajstić information content (AvgIpc) is 2.77. The van der Waals surface area contributed by atoms with Crippen LogP contribution in [0.4, 0.5) is 4.39 Å². The minimum atomic E-state index is -0.288. The number of hydrogen-bond donors (Lipinski definition) is 1. The van der Waals surface area contributed by atoms with E-state index in [1.54, 1.807) is 18.3 Å². The monoisotopic (exact) mass is 248 g/mol. The van der Waals surface area contributed by atoms with Crippen molar-refractivity contribution in [3.05, 3.63) is 42.0 Å². The maximum atomic E-state index is 13.1. The number of nitrogens with zero attached hydrogens (tertiary/aromatic N) is 3. The van der Waals surface area contributed by atoms with Gasteiger partial charge in [0.25, 0.3) is 0 Å². The number of nitrogens with one attached hydrogen (secondary N) is 1. The van der Waals surface area contributed by atoms with Crippen molar-refractivity contribution in [2.75, 3.05) is 6.54 Å². The first-order valence-corrected chi connectivity index (χ1v) is 6.03. The molecule has 2 rings (SSSR count). The number of halogens is 1. The summed E-state index contributed by atoms with van der Waals surface area (Å²) in [5.41, 5.74) is 1.48. The van der Waals surface area contributed by atoms with Crippen LogP contribution in [-0.2, 0) is 6.54 Å². The van der Waals surface area contributed by atoms with Crippen LogP contribution >= 0.6 is 0 Å². The third-order valence-corrected chi connectivity index (χ3v) is 2.44. The summed E-state index contributed by atoms with van der Waals surface area (Å²) in [7, 11) is 0. The molecule has 0 aliphatic carbocycles. The maximum Gasteiger partial charge on any atom is 0.125 e. The predicted octanol–water partition coefficient (Wildman–Crippen LogP) is 2.15. The smallest absolute Gasteiger partial charge is 0.125 e. The Bertz CT molecular complexity index is 507. The lowest BCUT2D eigenvalue weighted by Gasteiger charge is -2.04. The van der Waals surface area contributed by atoms with Gasteiger partial charge >= 0.3 is 0 Å². The van der Waals surface area contributed by atoms with Crippen LogP contribution in [-0.4, -0.2) is 21.5 Å². The number of rotatable bonds is 5. The average molecular weight is 248 g/mol. The molecule has 4 nitrogen and oxygen atoms in total. The van der Waals surface area contributed by atoms with Gasteiger partial charge in [0.2, 0.25) is 0 Å². The highest BCUT2D eigenvalue weighted by Crippen LogP contribution is 2.07. The fourth-order valence-corrected chi connectivity index (χ4v) is 1.59. The van der Waals surface area contributed by atoms with Crippen molar-refractivity contribution in [3.8, 4) is 5.69 Å². The Morgan fingerprint density at radius 1 is 1.39 bits per heavy atom. The van der Waals surface area contributed by atoms with Gasteiger partial charge < -0.3 is 5.32 Å². The van der Waals surface area contributed by atoms with E-state index in [0.29, 0.717) is 18.2 Å². The van der Waals surface area contributed by atoms with E-state index in [1.807, 2.05) is 0 Å². The quantitative estimate of drug-likeness (QED) is 0.881. The summed E-state index contributed by atoms with van der Waals surface area (Å²) in [6.45, 7) is 5.91. The first kappa shape index (κ1) is 12.7. The Kier molecular flexibility index (Phi) is 4.04. The zero-order chi connectivity index (χ0) is 13.0. The van der Waals surface area contributed by atoms with Gasteiger partial charge in [-0.1, -0.05) is 19.9 Å². The minimum Gasteiger partial charge on any atom is -0.311 e. The summed E-state index contributed by atoms with van der Waals surface area (Å²) >= 11 is 0. The zero-order valence-electron chi connectivity index (χ0n) is 10.6. The lowest BCUT2D eigenvalue weighted by atomic mass is 10.2. The molecule has 0 saturated heterocycles. The first-order chi connectivity index (χ1) is 8.65. The number of benzene rings is 1. The Labute approximate surface area is 106 Å². The van der Waals surface area contributed by atoms with Crippen molar-refractivity contribution < 1.29 is 4.39 Å². The van der Waals surface area contributed by atoms with E-state index in [2.05, 4.69) is 29.4 Å². The molecule has 0 amide bonds. The van der Waals surface area contributed by atoms with Gasteiger partial charge in [-0.3, -0.25) is 0 Å². The molecule has 1 aromatic carbocycles. The first-order valence-electron chi connectivity index (χ1n) is 6.03. The molecule has 0 atom stereocenters. The highest BCUT2D eigenvalue weighted by Gasteiger charge is 2.03. The molecule has 0 aliphatic rings. The maximum absolute atomic E-state index is 13.1. The third kappa shape index (κ3) is 3.37. The van der Waals surface area contributed by atoms with Crippen molar-refractivity contribution in [2.24, 2.45) is 5.92 Å². The van der Waals surface area contributed by atoms with Gasteiger partial charge in [-0.25, -0.2) is 4.39 Å². The van der Waals surface area contributed by atoms with Crippen molar-refractivity contribution in [1.82, 2.24) is 20.3 Å². The normalized spacial score (nSPS) is 11.1. The second-order valence-corrected chi connectivity index (χ2v) is 4.63. The number of aromatic nitrogens is 3. The second-order valence-electron chi connectivity index (χ2n) is 4.63. The molecule has 0 bridgehead atoms. The van der Waals surface area contributed by atoms with Crippen LogP contribution in [0.2, 0.25) is 0 Å². The van der Waals surface area contributed by atoms with Crippen LogP contribution < -0.4 is 5.32 Å². The highest BCUT2D eigenvalue weighted by atomic mass is 19.1. The van der Waals surface area contributed by atoms with E-state index in [-0.39, 0.29) is 5.82 Å². The van der Waals surface area contributed by atoms with Crippen molar-refractivity contribution in [2.45, 2.75) is 20.4 Å². The lowest BCUT2D eigenvalue weighted by molar-refractivity contribution is 0.546. The van der Waals surface area contributed by atoms with Gasteiger partial charge in [0.05, 0.1) is 17.6 Å². The summed E-state index contributed by atoms with van der Waals surface area (Å²) < 4.78 is 13.1. The number of hydrogen-bond acceptors (Lipinski definition) is 3. The van der Waals surface area contributed by atoms with Gasteiger partial charge in [-0.2, -0.15) is 15.0 Å². The van der Waals surface area contributed by atoms with Crippen molar-refractivity contribution in [1.29, 1.82) is 0 Å². The fourth-order valence-electron chi connectivity index (χ4n) is 1.59. The summed E-state index contributed by atoms with van der Waals surface area (Å²) in [5, 5.41) is 11.7. The van der Waals surface area contributed by atoms with Crippen LogP contribution in [0, 0.1) is 11.7 Å². The topological polar surface area (TPSA) is 42.7 Å². The molecule has 5 heteroatoms. The van der Waals surface area contributed by atoms with Crippen LogP contribution in [0.3, 0.4) is 0 Å². The molecule has 2 aromatic rings. The van der Waals surface area contributed by atoms with Crippen molar-refractivity contribution >= 4 is 0 Å². The molecule has 96 valence electrons. The molecule has 18 heavy (non-hydrogen) atoms. The molecule has 0 spiro atoms. The fraction of sp³-hybridized carbons (Fsp3) is 0.385. The van der Waals surface area contributed by atoms with Crippen molar-refractivity contribution in [3.63, 3.8) is 0 Å². The summed E-state index contributed by atoms with van der Waals surface area (Å²) in [6, 6.07) is 6.22. The summed E-state index contributed by atoms with van der Waals surface area (Å²) in [5.74, 6) is 0.313. The third-order valence-electron chi connectivity index (χ3n) is 2.44. The lowest BCUT2D eigenvalue weighted by Crippen LogP contribution is -2.19. The van der Waals surface area contributed by atoms with E-state index >= 15 is 0 Å². The predicted molar refractivity (Wildman–Crippen MR) is 67.9 cm³/mol. The second kappa shape index (κ2) is 5.73. The largest absolute Gasteiger partial charge is 0.311 e. The van der Waals surface area contributed by atoms with Gasteiger partial charge in [0.1, 0.15) is 5.82 Å². The SMILES string of the molecule is CC(C)CNCc1cnn(-c2cccc(F)c2)n1. The standard InChI is InChI=1S/C13H17FN4/c1-10(2)7-15-8-12-9-16-18(17-12)13-5-3-4-11(14)6-13/h3-6,9-10,15H,7-8H2,1-2H3. The molecular formula is C13H17FN4. The van der Waals surface area contributed by atoms with E-state index in [4.69, 9.17) is 0 Å². The Hall–Kier alpha value is -1.75. The molecular weight excluding hydrogens is 231 g/mol. The van der Waals surface area contributed by atoms with E-state index in [0.717, 1.165) is 12.2 Å². The highest BCUT2D eigenvalue weighted by molar-refractivity contribution is 5.29. The Morgan fingerprint density at radius 2 is 2.22 bits per heavy atom. The van der Waals surface area contributed by atoms with Gasteiger partial charge in [-0.15, -0.1) is 0 Å². The van der Waals surface area contributed by atoms with Crippen LogP contribution in [0.15, 0.2) is 30.5 Å². The summed E-state index contributed by atoms with van der Waals surface area (Å²) in [4.78, 5) is 1.44. The zero-order valence-corrected chi connectivity index (χ0v) is 10.6. The molecule has 0 unspecified atom stereocenters. The molecule has 1 aromatic heterocycles. The molecule has 0 fully saturated rings. The van der Waals surface area contributed by atoms with E-state index in [9.17, 15) is 4.39 Å². The summed E-state index contributed by atoms with van der Waals surface area (Å²) in [6.07, 6.45) is 1.69. The van der Waals surface area contributed by atoms with Gasteiger partial charge in [-0.05, 0) is 24.6 Å². The minimum absolute atomic E-state index is 0.288. The van der Waals surface area contributed by atoms with Gasteiger partial charge in [0.15, 0.2) is 0 Å². The molecule has 1 heterocycles. The van der Waals surface area contributed by atoms with E-state index in [1.165, 1.54) is 16.9 Å². The molecule has 0 saturated carbocycles. The Balaban J connectivity index is 2.02. The van der Waals surface area contributed by atoms with Crippen LogP contribution in [0.1, 0.15) is 19.5 Å². The van der Waals surface area contributed by atoms with Gasteiger partial charge in [0, 0.05) is 12.6 Å². The van der Waals surface area contributed by atoms with Crippen LogP contribution in [0.25, 0.3) is 5.69 Å². The molecule has 0 radical (unpaired) electrons. The van der Waals surface area contributed by atoms with E-state index < -0.39 is 0 Å². The molecule has 0 aliphatic heterocycles.